The van der Waals surface area contributed by atoms with Crippen molar-refractivity contribution in [3.63, 3.8) is 0 Å². The molecule has 0 radical (unpaired) electrons. The van der Waals surface area contributed by atoms with Gasteiger partial charge in [0, 0.05) is 32.9 Å². The molecule has 1 aliphatic carbocycles. The van der Waals surface area contributed by atoms with E-state index in [4.69, 9.17) is 14.2 Å². The van der Waals surface area contributed by atoms with E-state index in [1.807, 2.05) is 18.3 Å². The van der Waals surface area contributed by atoms with E-state index in [2.05, 4.69) is 47.2 Å². The molecule has 1 aromatic carbocycles. The van der Waals surface area contributed by atoms with Gasteiger partial charge in [0.1, 0.15) is 0 Å². The van der Waals surface area contributed by atoms with Crippen LogP contribution in [0.1, 0.15) is 50.8 Å². The van der Waals surface area contributed by atoms with E-state index in [9.17, 15) is 4.79 Å². The minimum absolute atomic E-state index is 0.153. The number of hydrogen-bond acceptors (Lipinski definition) is 7. The van der Waals surface area contributed by atoms with Gasteiger partial charge >= 0.3 is 5.97 Å². The van der Waals surface area contributed by atoms with E-state index in [1.54, 1.807) is 7.11 Å². The summed E-state index contributed by atoms with van der Waals surface area (Å²) in [6, 6.07) is 10.8. The second-order valence-electron chi connectivity index (χ2n) is 9.79. The Morgan fingerprint density at radius 3 is 2.56 bits per heavy atom. The van der Waals surface area contributed by atoms with Crippen molar-refractivity contribution in [2.75, 3.05) is 44.2 Å². The molecule has 184 valence electrons. The van der Waals surface area contributed by atoms with Crippen LogP contribution < -0.4 is 10.2 Å². The third kappa shape index (κ3) is 5.36. The zero-order valence-corrected chi connectivity index (χ0v) is 20.8. The molecule has 1 saturated heterocycles. The molecule has 0 bridgehead atoms. The third-order valence-corrected chi connectivity index (χ3v) is 6.77. The molecule has 2 fully saturated rings. The molecule has 2 aliphatic rings. The highest BCUT2D eigenvalue weighted by Gasteiger charge is 2.52. The van der Waals surface area contributed by atoms with Gasteiger partial charge < -0.3 is 24.4 Å². The molecule has 1 aromatic heterocycles. The van der Waals surface area contributed by atoms with Gasteiger partial charge in [-0.2, -0.15) is 0 Å². The van der Waals surface area contributed by atoms with Crippen molar-refractivity contribution in [1.29, 1.82) is 0 Å². The summed E-state index contributed by atoms with van der Waals surface area (Å²) in [5.74, 6) is 0.357. The number of nitrogens with one attached hydrogen (secondary N) is 1. The monoisotopic (exact) mass is 467 g/mol. The summed E-state index contributed by atoms with van der Waals surface area (Å²) >= 11 is 0. The van der Waals surface area contributed by atoms with E-state index >= 15 is 0 Å². The highest BCUT2D eigenvalue weighted by atomic mass is 16.5. The summed E-state index contributed by atoms with van der Waals surface area (Å²) in [6.07, 6.45) is 5.49. The first kappa shape index (κ1) is 24.5. The number of carbonyl (C=O) groups is 1. The number of carbonyl (C=O) groups excluding carboxylic acids is 1. The van der Waals surface area contributed by atoms with Gasteiger partial charge in [0.15, 0.2) is 0 Å². The molecule has 34 heavy (non-hydrogen) atoms. The molecule has 7 nitrogen and oxygen atoms in total. The summed E-state index contributed by atoms with van der Waals surface area (Å²) in [5, 5.41) is 3.60. The first-order chi connectivity index (χ1) is 16.5. The number of benzene rings is 1. The van der Waals surface area contributed by atoms with E-state index in [1.165, 1.54) is 7.11 Å². The molecule has 2 aromatic rings. The van der Waals surface area contributed by atoms with Crippen molar-refractivity contribution in [2.24, 2.45) is 5.92 Å². The van der Waals surface area contributed by atoms with Crippen LogP contribution in [0, 0.1) is 5.92 Å². The van der Waals surface area contributed by atoms with Crippen LogP contribution in [-0.4, -0.2) is 51.0 Å². The first-order valence-electron chi connectivity index (χ1n) is 12.2. The Hall–Kier alpha value is -2.64. The van der Waals surface area contributed by atoms with Gasteiger partial charge in [0.05, 0.1) is 48.1 Å². The van der Waals surface area contributed by atoms with E-state index in [0.29, 0.717) is 18.6 Å². The lowest BCUT2D eigenvalue weighted by Gasteiger charge is -2.38. The van der Waals surface area contributed by atoms with Crippen LogP contribution in [0.5, 0.6) is 0 Å². The lowest BCUT2D eigenvalue weighted by molar-refractivity contribution is -0.143. The zero-order chi connectivity index (χ0) is 24.1. The highest BCUT2D eigenvalue weighted by Crippen LogP contribution is 2.51. The van der Waals surface area contributed by atoms with Crippen molar-refractivity contribution < 1.29 is 19.0 Å². The third-order valence-electron chi connectivity index (χ3n) is 6.77. The molecule has 7 heteroatoms. The van der Waals surface area contributed by atoms with Crippen LogP contribution in [0.4, 0.5) is 17.1 Å². The van der Waals surface area contributed by atoms with Gasteiger partial charge in [-0.3, -0.25) is 9.78 Å². The number of hydrogen-bond donors (Lipinski definition) is 1. The van der Waals surface area contributed by atoms with Gasteiger partial charge in [-0.25, -0.2) is 0 Å². The first-order valence-corrected chi connectivity index (χ1v) is 12.2. The topological polar surface area (TPSA) is 72.9 Å². The van der Waals surface area contributed by atoms with E-state index in [-0.39, 0.29) is 5.97 Å². The smallest absolute Gasteiger partial charge is 0.316 e. The summed E-state index contributed by atoms with van der Waals surface area (Å²) < 4.78 is 16.0. The van der Waals surface area contributed by atoms with Gasteiger partial charge in [-0.15, -0.1) is 0 Å². The van der Waals surface area contributed by atoms with Crippen LogP contribution in [0.2, 0.25) is 0 Å². The molecule has 1 aliphatic heterocycles. The lowest BCUT2D eigenvalue weighted by atomic mass is 9.94. The number of ether oxygens (including phenoxy) is 3. The number of esters is 1. The fourth-order valence-corrected chi connectivity index (χ4v) is 4.84. The largest absolute Gasteiger partial charge is 0.468 e. The number of rotatable bonds is 10. The summed E-state index contributed by atoms with van der Waals surface area (Å²) in [6.45, 7) is 7.51. The van der Waals surface area contributed by atoms with Crippen LogP contribution >= 0.6 is 0 Å². The minimum atomic E-state index is -0.522. The quantitative estimate of drug-likeness (QED) is 0.502. The van der Waals surface area contributed by atoms with E-state index < -0.39 is 5.41 Å². The minimum Gasteiger partial charge on any atom is -0.468 e. The van der Waals surface area contributed by atoms with Gasteiger partial charge in [0.2, 0.25) is 0 Å². The summed E-state index contributed by atoms with van der Waals surface area (Å²) in [7, 11) is 3.14. The Bertz CT molecular complexity index is 966. The Balaban J connectivity index is 1.72. The molecule has 0 atom stereocenters. The molecule has 4 rings (SSSR count). The number of aromatic nitrogens is 1. The fraction of sp³-hybridized carbons (Fsp3) is 0.556. The van der Waals surface area contributed by atoms with Gasteiger partial charge in [0.25, 0.3) is 0 Å². The van der Waals surface area contributed by atoms with E-state index in [0.717, 1.165) is 73.8 Å². The number of nitrogens with zero attached hydrogens (tertiary/aromatic N) is 2. The number of anilines is 3. The number of pyridine rings is 1. The average molecular weight is 468 g/mol. The Morgan fingerprint density at radius 1 is 1.21 bits per heavy atom. The highest BCUT2D eigenvalue weighted by molar-refractivity contribution is 5.88. The lowest BCUT2D eigenvalue weighted by Crippen LogP contribution is -2.42. The zero-order valence-electron chi connectivity index (χ0n) is 20.8. The molecule has 1 N–H and O–H groups in total. The second-order valence-corrected chi connectivity index (χ2v) is 9.79. The van der Waals surface area contributed by atoms with Crippen molar-refractivity contribution >= 4 is 23.0 Å². The Morgan fingerprint density at radius 2 is 1.97 bits per heavy atom. The maximum Gasteiger partial charge on any atom is 0.316 e. The molecule has 0 spiro atoms. The van der Waals surface area contributed by atoms with Gasteiger partial charge in [-0.1, -0.05) is 19.9 Å². The molecular weight excluding hydrogens is 430 g/mol. The predicted octanol–water partition coefficient (Wildman–Crippen LogP) is 4.82. The molecular formula is C27H37N3O4. The maximum atomic E-state index is 12.6. The van der Waals surface area contributed by atoms with Crippen molar-refractivity contribution in [3.05, 3.63) is 47.8 Å². The molecule has 2 heterocycles. The molecule has 1 saturated carbocycles. The summed E-state index contributed by atoms with van der Waals surface area (Å²) in [4.78, 5) is 19.6. The second kappa shape index (κ2) is 10.7. The SMILES string of the molecule is COCc1ccc(Nc2cc(C3(C(=O)OC)CC3)ccc2N(CC(C)C)C2CCOCC2)cn1. The average Bonchev–Trinajstić information content (AvgIpc) is 3.66. The standard InChI is InChI=1S/C27H37N3O4/c1-19(2)17-30(23-9-13-34-14-10-23)25-8-5-20(27(11-12-27)26(31)33-4)15-24(25)29-21-6-7-22(18-32-3)28-16-21/h5-8,15-16,19,23,29H,9-14,17-18H2,1-4H3. The Labute approximate surface area is 202 Å². The fourth-order valence-electron chi connectivity index (χ4n) is 4.84. The van der Waals surface area contributed by atoms with Gasteiger partial charge in [-0.05, 0) is 61.4 Å². The molecule has 0 amide bonds. The van der Waals surface area contributed by atoms with Crippen LogP contribution in [0.15, 0.2) is 36.5 Å². The van der Waals surface area contributed by atoms with Crippen molar-refractivity contribution in [2.45, 2.75) is 57.6 Å². The maximum absolute atomic E-state index is 12.6. The Kier molecular flexibility index (Phi) is 7.73. The van der Waals surface area contributed by atoms with Crippen LogP contribution in [0.3, 0.4) is 0 Å². The molecule has 0 unspecified atom stereocenters. The van der Waals surface area contributed by atoms with Crippen LogP contribution in [-0.2, 0) is 31.0 Å². The van der Waals surface area contributed by atoms with Crippen molar-refractivity contribution in [3.8, 4) is 0 Å². The van der Waals surface area contributed by atoms with Crippen LogP contribution in [0.25, 0.3) is 0 Å². The number of methoxy groups -OCH3 is 2. The predicted molar refractivity (Wildman–Crippen MR) is 134 cm³/mol. The summed E-state index contributed by atoms with van der Waals surface area (Å²) in [5.41, 5.74) is 4.40. The normalized spacial score (nSPS) is 17.4. The van der Waals surface area contributed by atoms with Crippen molar-refractivity contribution in [1.82, 2.24) is 4.98 Å².